The van der Waals surface area contributed by atoms with E-state index in [4.69, 9.17) is 9.97 Å². The van der Waals surface area contributed by atoms with Crippen molar-refractivity contribution in [2.24, 2.45) is 0 Å². The molecule has 0 amide bonds. The van der Waals surface area contributed by atoms with Crippen molar-refractivity contribution in [2.45, 2.75) is 19.3 Å². The lowest BCUT2D eigenvalue weighted by atomic mass is 9.82. The SMILES string of the molecule is CC1(C)c2ccccc2-c2cc(-c3cc(-c4cccc5ccccc45)cc(-c4ccc(-c5cc(-c6ccccc6-c6ccccc6)nc(-c6ccccc6)n5)c5ccccc45)c3)ccc21. The van der Waals surface area contributed by atoms with Gasteiger partial charge in [0.1, 0.15) is 0 Å². The monoisotopic (exact) mass is 828 g/mol. The van der Waals surface area contributed by atoms with E-state index in [2.05, 4.69) is 238 Å². The minimum absolute atomic E-state index is 0.0569. The fourth-order valence-corrected chi connectivity index (χ4v) is 10.3. The lowest BCUT2D eigenvalue weighted by molar-refractivity contribution is 0.660. The van der Waals surface area contributed by atoms with Crippen molar-refractivity contribution in [3.8, 4) is 89.5 Å². The molecule has 11 aromatic rings. The maximum atomic E-state index is 5.33. The first-order valence-corrected chi connectivity index (χ1v) is 22.5. The zero-order valence-corrected chi connectivity index (χ0v) is 36.3. The zero-order valence-electron chi connectivity index (χ0n) is 36.3. The molecule has 306 valence electrons. The summed E-state index contributed by atoms with van der Waals surface area (Å²) in [5.74, 6) is 0.696. The molecule has 1 aliphatic rings. The molecule has 0 aliphatic heterocycles. The van der Waals surface area contributed by atoms with Crippen molar-refractivity contribution in [2.75, 3.05) is 0 Å². The van der Waals surface area contributed by atoms with Crippen LogP contribution in [0.3, 0.4) is 0 Å². The minimum atomic E-state index is -0.0569. The van der Waals surface area contributed by atoms with Crippen LogP contribution >= 0.6 is 0 Å². The Bertz CT molecular complexity index is 3620. The van der Waals surface area contributed by atoms with E-state index in [1.54, 1.807) is 0 Å². The topological polar surface area (TPSA) is 25.8 Å². The molecule has 65 heavy (non-hydrogen) atoms. The molecule has 1 heterocycles. The summed E-state index contributed by atoms with van der Waals surface area (Å²) in [4.78, 5) is 10.6. The van der Waals surface area contributed by atoms with E-state index in [9.17, 15) is 0 Å². The summed E-state index contributed by atoms with van der Waals surface area (Å²) < 4.78 is 0. The summed E-state index contributed by atoms with van der Waals surface area (Å²) in [6.07, 6.45) is 0. The maximum Gasteiger partial charge on any atom is 0.160 e. The Morgan fingerprint density at radius 2 is 0.785 bits per heavy atom. The molecule has 0 saturated carbocycles. The lowest BCUT2D eigenvalue weighted by Gasteiger charge is -2.21. The second-order valence-electron chi connectivity index (χ2n) is 17.7. The molecule has 0 saturated heterocycles. The summed E-state index contributed by atoms with van der Waals surface area (Å²) in [6, 6.07) is 83.5. The molecule has 0 fully saturated rings. The molecule has 1 aromatic heterocycles. The first-order chi connectivity index (χ1) is 32.0. The Kier molecular flexibility index (Phi) is 9.21. The van der Waals surface area contributed by atoms with Crippen LogP contribution in [0, 0.1) is 0 Å². The molecule has 2 nitrogen and oxygen atoms in total. The van der Waals surface area contributed by atoms with Gasteiger partial charge in [-0.05, 0) is 119 Å². The van der Waals surface area contributed by atoms with Crippen molar-refractivity contribution in [1.29, 1.82) is 0 Å². The minimum Gasteiger partial charge on any atom is -0.228 e. The first-order valence-electron chi connectivity index (χ1n) is 22.5. The highest BCUT2D eigenvalue weighted by atomic mass is 14.9. The standard InChI is InChI=1S/C63H44N2/c1-63(2)58-31-16-15-28-54(58)57-39-44(32-35-59(57)63)45-36-46(50-30-17-23-42-20-9-10-24-48(42)50)38-47(37-45)51-33-34-56(53-27-13-12-26-52(51)53)61-40-60(64-62(65-61)43-21-7-4-8-22-43)55-29-14-11-25-49(55)41-18-5-3-6-19-41/h3-40H,1-2H3. The van der Waals surface area contributed by atoms with Gasteiger partial charge in [-0.2, -0.15) is 0 Å². The molecule has 0 unspecified atom stereocenters. The van der Waals surface area contributed by atoms with Gasteiger partial charge in [0.15, 0.2) is 5.82 Å². The van der Waals surface area contributed by atoms with E-state index in [-0.39, 0.29) is 5.41 Å². The summed E-state index contributed by atoms with van der Waals surface area (Å²) in [5, 5.41) is 4.78. The van der Waals surface area contributed by atoms with Gasteiger partial charge in [-0.25, -0.2) is 9.97 Å². The Balaban J connectivity index is 1.06. The van der Waals surface area contributed by atoms with Gasteiger partial charge in [-0.15, -0.1) is 0 Å². The van der Waals surface area contributed by atoms with Crippen molar-refractivity contribution in [1.82, 2.24) is 9.97 Å². The third kappa shape index (κ3) is 6.65. The number of nitrogens with zero attached hydrogens (tertiary/aromatic N) is 2. The Morgan fingerprint density at radius 3 is 1.54 bits per heavy atom. The van der Waals surface area contributed by atoms with Gasteiger partial charge in [-0.1, -0.05) is 214 Å². The van der Waals surface area contributed by atoms with Gasteiger partial charge in [-0.3, -0.25) is 0 Å². The van der Waals surface area contributed by atoms with Crippen molar-refractivity contribution in [3.05, 3.63) is 242 Å². The third-order valence-electron chi connectivity index (χ3n) is 13.5. The van der Waals surface area contributed by atoms with Crippen LogP contribution in [0.15, 0.2) is 231 Å². The Labute approximate surface area is 380 Å². The molecule has 0 atom stereocenters. The van der Waals surface area contributed by atoms with E-state index < -0.39 is 0 Å². The van der Waals surface area contributed by atoms with Crippen LogP contribution in [0.4, 0.5) is 0 Å². The van der Waals surface area contributed by atoms with Crippen LogP contribution in [0.25, 0.3) is 111 Å². The summed E-state index contributed by atoms with van der Waals surface area (Å²) in [6.45, 7) is 4.69. The number of fused-ring (bicyclic) bond motifs is 5. The average molecular weight is 829 g/mol. The molecule has 0 spiro atoms. The van der Waals surface area contributed by atoms with E-state index in [1.165, 1.54) is 71.8 Å². The fourth-order valence-electron chi connectivity index (χ4n) is 10.3. The highest BCUT2D eigenvalue weighted by Crippen LogP contribution is 2.50. The molecule has 1 aliphatic carbocycles. The molecule has 12 rings (SSSR count). The van der Waals surface area contributed by atoms with Gasteiger partial charge < -0.3 is 0 Å². The molecule has 0 bridgehead atoms. The smallest absolute Gasteiger partial charge is 0.160 e. The molecular formula is C63H44N2. The van der Waals surface area contributed by atoms with E-state index >= 15 is 0 Å². The number of aromatic nitrogens is 2. The van der Waals surface area contributed by atoms with Crippen molar-refractivity contribution < 1.29 is 0 Å². The van der Waals surface area contributed by atoms with Crippen molar-refractivity contribution >= 4 is 21.5 Å². The Hall–Kier alpha value is -8.20. The number of hydrogen-bond donors (Lipinski definition) is 0. The molecule has 2 heteroatoms. The predicted molar refractivity (Wildman–Crippen MR) is 273 cm³/mol. The predicted octanol–water partition coefficient (Wildman–Crippen LogP) is 16.8. The fraction of sp³-hybridized carbons (Fsp3) is 0.0476. The lowest BCUT2D eigenvalue weighted by Crippen LogP contribution is -2.14. The van der Waals surface area contributed by atoms with Crippen LogP contribution in [0.1, 0.15) is 25.0 Å². The van der Waals surface area contributed by atoms with Crippen LogP contribution < -0.4 is 0 Å². The average Bonchev–Trinajstić information content (AvgIpc) is 3.61. The van der Waals surface area contributed by atoms with Crippen molar-refractivity contribution in [3.63, 3.8) is 0 Å². The van der Waals surface area contributed by atoms with E-state index in [1.807, 2.05) is 6.07 Å². The summed E-state index contributed by atoms with van der Waals surface area (Å²) in [7, 11) is 0. The van der Waals surface area contributed by atoms with Crippen LogP contribution in [-0.2, 0) is 5.41 Å². The highest BCUT2D eigenvalue weighted by Gasteiger charge is 2.35. The Morgan fingerprint density at radius 1 is 0.277 bits per heavy atom. The van der Waals surface area contributed by atoms with Crippen LogP contribution in [0.5, 0.6) is 0 Å². The molecule has 0 radical (unpaired) electrons. The molecule has 0 N–H and O–H groups in total. The molecular weight excluding hydrogens is 785 g/mol. The van der Waals surface area contributed by atoms with Gasteiger partial charge in [0.05, 0.1) is 11.4 Å². The second kappa shape index (κ2) is 15.6. The zero-order chi connectivity index (χ0) is 43.5. The van der Waals surface area contributed by atoms with Crippen LogP contribution in [-0.4, -0.2) is 9.97 Å². The van der Waals surface area contributed by atoms with Gasteiger partial charge in [0.25, 0.3) is 0 Å². The highest BCUT2D eigenvalue weighted by molar-refractivity contribution is 6.06. The maximum absolute atomic E-state index is 5.33. The van der Waals surface area contributed by atoms with Gasteiger partial charge in [0.2, 0.25) is 0 Å². The van der Waals surface area contributed by atoms with E-state index in [0.717, 1.165) is 44.6 Å². The largest absolute Gasteiger partial charge is 0.228 e. The number of hydrogen-bond acceptors (Lipinski definition) is 2. The van der Waals surface area contributed by atoms with E-state index in [0.29, 0.717) is 5.82 Å². The van der Waals surface area contributed by atoms with Gasteiger partial charge >= 0.3 is 0 Å². The van der Waals surface area contributed by atoms with Crippen LogP contribution in [0.2, 0.25) is 0 Å². The number of benzene rings is 10. The summed E-state index contributed by atoms with van der Waals surface area (Å²) in [5.41, 5.74) is 19.7. The molecule has 10 aromatic carbocycles. The quantitative estimate of drug-likeness (QED) is 0.160. The third-order valence-corrected chi connectivity index (χ3v) is 13.5. The normalized spacial score (nSPS) is 12.6. The summed E-state index contributed by atoms with van der Waals surface area (Å²) >= 11 is 0. The second-order valence-corrected chi connectivity index (χ2v) is 17.7. The first kappa shape index (κ1) is 38.5. The number of rotatable bonds is 7. The van der Waals surface area contributed by atoms with Gasteiger partial charge in [0, 0.05) is 22.1 Å².